The van der Waals surface area contributed by atoms with Crippen LogP contribution in [0.15, 0.2) is 18.2 Å². The molecule has 0 radical (unpaired) electrons. The van der Waals surface area contributed by atoms with Gasteiger partial charge in [-0.25, -0.2) is 0 Å². The van der Waals surface area contributed by atoms with Gasteiger partial charge in [-0.2, -0.15) is 0 Å². The Morgan fingerprint density at radius 3 is 2.67 bits per heavy atom. The molecule has 2 aliphatic carbocycles. The minimum absolute atomic E-state index is 0.257. The van der Waals surface area contributed by atoms with Crippen LogP contribution >= 0.6 is 11.6 Å². The fraction of sp³-hybridized carbons (Fsp3) is 0.600. The molecule has 18 heavy (non-hydrogen) atoms. The van der Waals surface area contributed by atoms with Gasteiger partial charge in [0.1, 0.15) is 11.9 Å². The van der Waals surface area contributed by atoms with E-state index in [0.29, 0.717) is 12.1 Å². The number of nitrogens with two attached hydrogens (primary N) is 1. The number of benzene rings is 1. The Bertz CT molecular complexity index is 454. The van der Waals surface area contributed by atoms with Crippen molar-refractivity contribution in [2.75, 3.05) is 0 Å². The Morgan fingerprint density at radius 2 is 2.06 bits per heavy atom. The summed E-state index contributed by atoms with van der Waals surface area (Å²) in [5.74, 6) is 0.931. The molecular weight excluding hydrogens is 246 g/mol. The Balaban J connectivity index is 1.75. The Morgan fingerprint density at radius 1 is 1.33 bits per heavy atom. The van der Waals surface area contributed by atoms with Crippen LogP contribution in [0.25, 0.3) is 0 Å². The largest absolute Gasteiger partial charge is 0.490 e. The van der Waals surface area contributed by atoms with Crippen LogP contribution in [-0.4, -0.2) is 12.1 Å². The lowest BCUT2D eigenvalue weighted by molar-refractivity contribution is -0.0620. The summed E-state index contributed by atoms with van der Waals surface area (Å²) in [5, 5.41) is 0.795. The zero-order chi connectivity index (χ0) is 12.8. The van der Waals surface area contributed by atoms with Crippen molar-refractivity contribution in [1.82, 2.24) is 0 Å². The molecular formula is C15H20ClNO. The van der Waals surface area contributed by atoms with Gasteiger partial charge in [0.05, 0.1) is 0 Å². The molecule has 2 fully saturated rings. The highest BCUT2D eigenvalue weighted by molar-refractivity contribution is 6.31. The van der Waals surface area contributed by atoms with Crippen LogP contribution in [0.5, 0.6) is 5.75 Å². The lowest BCUT2D eigenvalue weighted by Gasteiger charge is -2.52. The highest BCUT2D eigenvalue weighted by atomic mass is 35.5. The number of halogens is 1. The number of ether oxygens (including phenoxy) is 1. The number of hydrogen-bond donors (Lipinski definition) is 1. The second-order valence-corrected chi connectivity index (χ2v) is 6.21. The standard InChI is InChI=1S/C15H20ClNO/c1-10-8-11(4-5-12(10)16)18-14-9-13(17)15(14)6-2-3-7-15/h4-5,8,13-14H,2-3,6-7,9,17H2,1H3. The zero-order valence-electron chi connectivity index (χ0n) is 10.8. The van der Waals surface area contributed by atoms with Crippen molar-refractivity contribution in [3.63, 3.8) is 0 Å². The Kier molecular flexibility index (Phi) is 3.03. The summed E-state index contributed by atoms with van der Waals surface area (Å²) in [6.07, 6.45) is 6.34. The first-order valence-electron chi connectivity index (χ1n) is 6.80. The summed E-state index contributed by atoms with van der Waals surface area (Å²) in [6.45, 7) is 2.01. The van der Waals surface area contributed by atoms with Crippen molar-refractivity contribution < 1.29 is 4.74 Å². The summed E-state index contributed by atoms with van der Waals surface area (Å²) in [4.78, 5) is 0. The molecule has 0 aromatic heterocycles. The molecule has 0 bridgehead atoms. The first-order chi connectivity index (χ1) is 8.62. The highest BCUT2D eigenvalue weighted by Gasteiger charge is 2.56. The number of rotatable bonds is 2. The molecule has 0 heterocycles. The van der Waals surface area contributed by atoms with Gasteiger partial charge in [0, 0.05) is 22.9 Å². The van der Waals surface area contributed by atoms with Gasteiger partial charge in [-0.05, 0) is 43.5 Å². The smallest absolute Gasteiger partial charge is 0.120 e. The van der Waals surface area contributed by atoms with E-state index in [-0.39, 0.29) is 5.41 Å². The van der Waals surface area contributed by atoms with Crippen LogP contribution in [0.1, 0.15) is 37.7 Å². The van der Waals surface area contributed by atoms with Gasteiger partial charge in [0.2, 0.25) is 0 Å². The van der Waals surface area contributed by atoms with Gasteiger partial charge in [0.15, 0.2) is 0 Å². The van der Waals surface area contributed by atoms with E-state index in [9.17, 15) is 0 Å². The lowest BCUT2D eigenvalue weighted by Crippen LogP contribution is -2.62. The fourth-order valence-electron chi connectivity index (χ4n) is 3.52. The minimum atomic E-state index is 0.257. The molecule has 1 aromatic carbocycles. The van der Waals surface area contributed by atoms with Crippen molar-refractivity contribution in [1.29, 1.82) is 0 Å². The van der Waals surface area contributed by atoms with Gasteiger partial charge in [-0.3, -0.25) is 0 Å². The third-order valence-corrected chi connectivity index (χ3v) is 5.21. The molecule has 2 unspecified atom stereocenters. The van der Waals surface area contributed by atoms with Crippen LogP contribution in [0.2, 0.25) is 5.02 Å². The van der Waals surface area contributed by atoms with Crippen molar-refractivity contribution in [2.45, 2.75) is 51.2 Å². The number of hydrogen-bond acceptors (Lipinski definition) is 2. The van der Waals surface area contributed by atoms with E-state index in [0.717, 1.165) is 22.8 Å². The van der Waals surface area contributed by atoms with Crippen molar-refractivity contribution in [3.05, 3.63) is 28.8 Å². The fourth-order valence-corrected chi connectivity index (χ4v) is 3.64. The molecule has 0 amide bonds. The number of aryl methyl sites for hydroxylation is 1. The summed E-state index contributed by atoms with van der Waals surface area (Å²) in [5.41, 5.74) is 7.54. The quantitative estimate of drug-likeness (QED) is 0.885. The summed E-state index contributed by atoms with van der Waals surface area (Å²) < 4.78 is 6.16. The van der Waals surface area contributed by atoms with Gasteiger partial charge in [-0.1, -0.05) is 24.4 Å². The third kappa shape index (κ3) is 1.83. The predicted molar refractivity (Wildman–Crippen MR) is 74.1 cm³/mol. The molecule has 1 aromatic rings. The zero-order valence-corrected chi connectivity index (χ0v) is 11.5. The molecule has 98 valence electrons. The maximum Gasteiger partial charge on any atom is 0.120 e. The van der Waals surface area contributed by atoms with Gasteiger partial charge in [0.25, 0.3) is 0 Å². The molecule has 2 N–H and O–H groups in total. The van der Waals surface area contributed by atoms with E-state index in [1.165, 1.54) is 25.7 Å². The van der Waals surface area contributed by atoms with Crippen molar-refractivity contribution >= 4 is 11.6 Å². The SMILES string of the molecule is Cc1cc(OC2CC(N)C23CCCC3)ccc1Cl. The van der Waals surface area contributed by atoms with Crippen LogP contribution in [-0.2, 0) is 0 Å². The first kappa shape index (κ1) is 12.3. The maximum atomic E-state index is 6.22. The average molecular weight is 266 g/mol. The van der Waals surface area contributed by atoms with E-state index in [2.05, 4.69) is 0 Å². The topological polar surface area (TPSA) is 35.2 Å². The van der Waals surface area contributed by atoms with Crippen LogP contribution < -0.4 is 10.5 Å². The average Bonchev–Trinajstić information content (AvgIpc) is 2.85. The molecule has 2 nitrogen and oxygen atoms in total. The molecule has 0 aliphatic heterocycles. The molecule has 1 spiro atoms. The Labute approximate surface area is 113 Å². The van der Waals surface area contributed by atoms with Gasteiger partial charge < -0.3 is 10.5 Å². The second kappa shape index (κ2) is 4.43. The van der Waals surface area contributed by atoms with Crippen LogP contribution in [0, 0.1) is 12.3 Å². The second-order valence-electron chi connectivity index (χ2n) is 5.80. The lowest BCUT2D eigenvalue weighted by atomic mass is 9.61. The third-order valence-electron chi connectivity index (χ3n) is 4.79. The molecule has 0 saturated heterocycles. The van der Waals surface area contributed by atoms with Crippen LogP contribution in [0.4, 0.5) is 0 Å². The first-order valence-corrected chi connectivity index (χ1v) is 7.18. The molecule has 3 rings (SSSR count). The van der Waals surface area contributed by atoms with E-state index >= 15 is 0 Å². The maximum absolute atomic E-state index is 6.22. The molecule has 2 atom stereocenters. The summed E-state index contributed by atoms with van der Waals surface area (Å²) in [6, 6.07) is 6.22. The molecule has 2 aliphatic rings. The Hall–Kier alpha value is -0.730. The monoisotopic (exact) mass is 265 g/mol. The highest BCUT2D eigenvalue weighted by Crippen LogP contribution is 2.53. The normalized spacial score (nSPS) is 29.3. The van der Waals surface area contributed by atoms with Crippen molar-refractivity contribution in [2.24, 2.45) is 11.1 Å². The van der Waals surface area contributed by atoms with E-state index in [1.54, 1.807) is 0 Å². The van der Waals surface area contributed by atoms with E-state index < -0.39 is 0 Å². The minimum Gasteiger partial charge on any atom is -0.490 e. The van der Waals surface area contributed by atoms with Crippen LogP contribution in [0.3, 0.4) is 0 Å². The van der Waals surface area contributed by atoms with E-state index in [4.69, 9.17) is 22.1 Å². The summed E-state index contributed by atoms with van der Waals surface area (Å²) >= 11 is 6.03. The molecule has 3 heteroatoms. The summed E-state index contributed by atoms with van der Waals surface area (Å²) in [7, 11) is 0. The van der Waals surface area contributed by atoms with Gasteiger partial charge >= 0.3 is 0 Å². The van der Waals surface area contributed by atoms with Crippen molar-refractivity contribution in [3.8, 4) is 5.75 Å². The van der Waals surface area contributed by atoms with E-state index in [1.807, 2.05) is 25.1 Å². The molecule has 2 saturated carbocycles. The predicted octanol–water partition coefficient (Wildman–Crippen LogP) is 3.69. The van der Waals surface area contributed by atoms with Gasteiger partial charge in [-0.15, -0.1) is 0 Å².